The van der Waals surface area contributed by atoms with Gasteiger partial charge in [0, 0.05) is 24.3 Å². The zero-order chi connectivity index (χ0) is 17.7. The molecular formula is C16H17F3N4O. The number of alkyl halides is 3. The molecule has 1 aromatic heterocycles. The molecule has 0 spiro atoms. The van der Waals surface area contributed by atoms with Crippen molar-refractivity contribution in [2.24, 2.45) is 5.92 Å². The maximum Gasteiger partial charge on any atom is 0.433 e. The van der Waals surface area contributed by atoms with Gasteiger partial charge in [0.1, 0.15) is 5.69 Å². The number of nitrogens with one attached hydrogen (secondary N) is 2. The Hall–Kier alpha value is -2.64. The van der Waals surface area contributed by atoms with Crippen molar-refractivity contribution in [3.05, 3.63) is 47.8 Å². The Kier molecular flexibility index (Phi) is 5.38. The van der Waals surface area contributed by atoms with Crippen LogP contribution in [0.4, 0.5) is 24.8 Å². The molecule has 128 valence electrons. The third kappa shape index (κ3) is 4.94. The number of aromatic nitrogens is 2. The van der Waals surface area contributed by atoms with Crippen molar-refractivity contribution in [3.63, 3.8) is 0 Å². The number of rotatable bonds is 5. The molecule has 8 heteroatoms. The second-order valence-electron chi connectivity index (χ2n) is 5.46. The monoisotopic (exact) mass is 338 g/mol. The quantitative estimate of drug-likeness (QED) is 0.872. The Morgan fingerprint density at radius 2 is 2.00 bits per heavy atom. The van der Waals surface area contributed by atoms with Crippen LogP contribution in [0.1, 0.15) is 25.1 Å². The summed E-state index contributed by atoms with van der Waals surface area (Å²) in [6.07, 6.45) is -3.46. The fourth-order valence-corrected chi connectivity index (χ4v) is 1.83. The molecule has 24 heavy (non-hydrogen) atoms. The van der Waals surface area contributed by atoms with E-state index in [2.05, 4.69) is 20.6 Å². The minimum atomic E-state index is -4.51. The Morgan fingerprint density at radius 3 is 2.67 bits per heavy atom. The van der Waals surface area contributed by atoms with E-state index in [-0.39, 0.29) is 24.3 Å². The Labute approximate surface area is 137 Å². The molecule has 5 nitrogen and oxygen atoms in total. The number of hydrogen-bond donors (Lipinski definition) is 2. The van der Waals surface area contributed by atoms with Gasteiger partial charge in [-0.25, -0.2) is 9.97 Å². The zero-order valence-electron chi connectivity index (χ0n) is 13.2. The lowest BCUT2D eigenvalue weighted by Crippen LogP contribution is -2.17. The zero-order valence-corrected chi connectivity index (χ0v) is 13.2. The summed E-state index contributed by atoms with van der Waals surface area (Å²) < 4.78 is 37.8. The van der Waals surface area contributed by atoms with Crippen LogP contribution >= 0.6 is 0 Å². The number of amides is 1. The van der Waals surface area contributed by atoms with E-state index in [9.17, 15) is 18.0 Å². The minimum absolute atomic E-state index is 0.110. The summed E-state index contributed by atoms with van der Waals surface area (Å²) in [7, 11) is 0. The van der Waals surface area contributed by atoms with Crippen LogP contribution in [-0.4, -0.2) is 15.9 Å². The highest BCUT2D eigenvalue weighted by molar-refractivity contribution is 5.92. The van der Waals surface area contributed by atoms with Crippen LogP contribution in [-0.2, 0) is 17.5 Å². The molecule has 0 aliphatic carbocycles. The van der Waals surface area contributed by atoms with Gasteiger partial charge in [-0.2, -0.15) is 13.2 Å². The van der Waals surface area contributed by atoms with E-state index < -0.39 is 11.9 Å². The number of nitrogens with zero attached hydrogens (tertiary/aromatic N) is 2. The first-order valence-electron chi connectivity index (χ1n) is 7.29. The van der Waals surface area contributed by atoms with Crippen molar-refractivity contribution in [2.45, 2.75) is 26.6 Å². The first-order chi connectivity index (χ1) is 11.3. The average molecular weight is 338 g/mol. The molecule has 1 amide bonds. The van der Waals surface area contributed by atoms with Crippen LogP contribution in [0.25, 0.3) is 0 Å². The van der Waals surface area contributed by atoms with Gasteiger partial charge in [0.05, 0.1) is 0 Å². The maximum atomic E-state index is 12.6. The van der Waals surface area contributed by atoms with E-state index in [4.69, 9.17) is 0 Å². The SMILES string of the molecule is CC(C)C(=O)Nc1cccc(CNc2nccc(C(F)(F)F)n2)c1. The van der Waals surface area contributed by atoms with Gasteiger partial charge in [-0.3, -0.25) is 4.79 Å². The molecule has 0 unspecified atom stereocenters. The smallest absolute Gasteiger partial charge is 0.350 e. The van der Waals surface area contributed by atoms with Crippen molar-refractivity contribution >= 4 is 17.5 Å². The predicted octanol–water partition coefficient (Wildman–Crippen LogP) is 3.70. The summed E-state index contributed by atoms with van der Waals surface area (Å²) in [5.41, 5.74) is 0.397. The fraction of sp³-hybridized carbons (Fsp3) is 0.312. The molecular weight excluding hydrogens is 321 g/mol. The topological polar surface area (TPSA) is 66.9 Å². The minimum Gasteiger partial charge on any atom is -0.350 e. The Morgan fingerprint density at radius 1 is 1.25 bits per heavy atom. The molecule has 2 N–H and O–H groups in total. The molecule has 0 saturated heterocycles. The van der Waals surface area contributed by atoms with Gasteiger partial charge < -0.3 is 10.6 Å². The highest BCUT2D eigenvalue weighted by Gasteiger charge is 2.32. The number of anilines is 2. The standard InChI is InChI=1S/C16H17F3N4O/c1-10(2)14(24)22-12-5-3-4-11(8-12)9-21-15-20-7-6-13(23-15)16(17,18)19/h3-8,10H,9H2,1-2H3,(H,22,24)(H,20,21,23). The summed E-state index contributed by atoms with van der Waals surface area (Å²) in [4.78, 5) is 18.9. The lowest BCUT2D eigenvalue weighted by atomic mass is 10.1. The lowest BCUT2D eigenvalue weighted by Gasteiger charge is -2.11. The fourth-order valence-electron chi connectivity index (χ4n) is 1.83. The van der Waals surface area contributed by atoms with Gasteiger partial charge in [0.15, 0.2) is 0 Å². The Bertz CT molecular complexity index is 716. The van der Waals surface area contributed by atoms with E-state index in [0.717, 1.165) is 17.8 Å². The normalized spacial score (nSPS) is 11.4. The predicted molar refractivity (Wildman–Crippen MR) is 84.3 cm³/mol. The van der Waals surface area contributed by atoms with Crippen molar-refractivity contribution in [2.75, 3.05) is 10.6 Å². The highest BCUT2D eigenvalue weighted by Crippen LogP contribution is 2.27. The number of hydrogen-bond acceptors (Lipinski definition) is 4. The van der Waals surface area contributed by atoms with E-state index >= 15 is 0 Å². The van der Waals surface area contributed by atoms with Crippen molar-refractivity contribution in [1.29, 1.82) is 0 Å². The first-order valence-corrected chi connectivity index (χ1v) is 7.29. The largest absolute Gasteiger partial charge is 0.433 e. The van der Waals surface area contributed by atoms with Gasteiger partial charge in [-0.15, -0.1) is 0 Å². The number of carbonyl (C=O) groups is 1. The molecule has 1 aromatic carbocycles. The van der Waals surface area contributed by atoms with Crippen LogP contribution in [0.15, 0.2) is 36.5 Å². The number of halogens is 3. The van der Waals surface area contributed by atoms with Gasteiger partial charge in [-0.1, -0.05) is 26.0 Å². The highest BCUT2D eigenvalue weighted by atomic mass is 19.4. The van der Waals surface area contributed by atoms with Crippen LogP contribution < -0.4 is 10.6 Å². The second-order valence-corrected chi connectivity index (χ2v) is 5.46. The molecule has 0 aliphatic heterocycles. The second kappa shape index (κ2) is 7.29. The van der Waals surface area contributed by atoms with Crippen molar-refractivity contribution in [1.82, 2.24) is 9.97 Å². The van der Waals surface area contributed by atoms with Gasteiger partial charge in [0.2, 0.25) is 11.9 Å². The van der Waals surface area contributed by atoms with Crippen LogP contribution in [0.2, 0.25) is 0 Å². The van der Waals surface area contributed by atoms with Crippen LogP contribution in [0.3, 0.4) is 0 Å². The van der Waals surface area contributed by atoms with Gasteiger partial charge in [0.25, 0.3) is 0 Å². The van der Waals surface area contributed by atoms with Crippen LogP contribution in [0, 0.1) is 5.92 Å². The molecule has 0 atom stereocenters. The third-order valence-electron chi connectivity index (χ3n) is 3.12. The molecule has 0 saturated carbocycles. The first kappa shape index (κ1) is 17.7. The molecule has 2 aromatic rings. The molecule has 0 bridgehead atoms. The Balaban J connectivity index is 2.03. The molecule has 2 rings (SSSR count). The van der Waals surface area contributed by atoms with Crippen molar-refractivity contribution < 1.29 is 18.0 Å². The summed E-state index contributed by atoms with van der Waals surface area (Å²) in [5.74, 6) is -0.368. The maximum absolute atomic E-state index is 12.6. The molecule has 0 aliphatic rings. The van der Waals surface area contributed by atoms with Gasteiger partial charge in [-0.05, 0) is 23.8 Å². The van der Waals surface area contributed by atoms with Crippen molar-refractivity contribution in [3.8, 4) is 0 Å². The summed E-state index contributed by atoms with van der Waals surface area (Å²) in [6.45, 7) is 3.80. The summed E-state index contributed by atoms with van der Waals surface area (Å²) >= 11 is 0. The van der Waals surface area contributed by atoms with E-state index in [1.165, 1.54) is 0 Å². The number of benzene rings is 1. The molecule has 0 fully saturated rings. The summed E-state index contributed by atoms with van der Waals surface area (Å²) in [6, 6.07) is 7.82. The lowest BCUT2D eigenvalue weighted by molar-refractivity contribution is -0.141. The van der Waals surface area contributed by atoms with Crippen LogP contribution in [0.5, 0.6) is 0 Å². The summed E-state index contributed by atoms with van der Waals surface area (Å²) in [5, 5.41) is 5.50. The van der Waals surface area contributed by atoms with Gasteiger partial charge >= 0.3 is 6.18 Å². The molecule has 1 heterocycles. The van der Waals surface area contributed by atoms with E-state index in [1.807, 2.05) is 0 Å². The van der Waals surface area contributed by atoms with E-state index in [0.29, 0.717) is 5.69 Å². The third-order valence-corrected chi connectivity index (χ3v) is 3.12. The molecule has 0 radical (unpaired) electrons. The van der Waals surface area contributed by atoms with E-state index in [1.54, 1.807) is 38.1 Å². The number of carbonyl (C=O) groups excluding carboxylic acids is 1. The average Bonchev–Trinajstić information content (AvgIpc) is 2.52.